The van der Waals surface area contributed by atoms with Gasteiger partial charge in [-0.2, -0.15) is 13.4 Å². The fourth-order valence-electron chi connectivity index (χ4n) is 4.03. The van der Waals surface area contributed by atoms with Crippen LogP contribution in [0.3, 0.4) is 0 Å². The Balaban J connectivity index is 1.37. The number of nitrogens with one attached hydrogen (secondary N) is 1. The van der Waals surface area contributed by atoms with Gasteiger partial charge in [0.25, 0.3) is 6.01 Å². The smallest absolute Gasteiger partial charge is 0.306 e. The van der Waals surface area contributed by atoms with Crippen LogP contribution >= 0.6 is 11.6 Å². The lowest BCUT2D eigenvalue weighted by Crippen LogP contribution is -2.38. The van der Waals surface area contributed by atoms with Gasteiger partial charge in [0.15, 0.2) is 17.1 Å². The van der Waals surface area contributed by atoms with Gasteiger partial charge in [-0.3, -0.25) is 4.90 Å². The van der Waals surface area contributed by atoms with Crippen LogP contribution in [0.15, 0.2) is 39.6 Å². The molecule has 2 aromatic carbocycles. The van der Waals surface area contributed by atoms with E-state index in [9.17, 15) is 16.8 Å². The number of sulfonamides is 1. The summed E-state index contributed by atoms with van der Waals surface area (Å²) in [5, 5.41) is 8.45. The minimum absolute atomic E-state index is 0.0124. The van der Waals surface area contributed by atoms with Crippen LogP contribution in [-0.2, 0) is 26.7 Å². The number of piperidine rings is 1. The van der Waals surface area contributed by atoms with Crippen LogP contribution in [0, 0.1) is 0 Å². The summed E-state index contributed by atoms with van der Waals surface area (Å²) in [6.45, 7) is 4.49. The van der Waals surface area contributed by atoms with Crippen molar-refractivity contribution in [3.63, 3.8) is 0 Å². The molecular formula is C22H27ClN4O7S2. The highest BCUT2D eigenvalue weighted by Gasteiger charge is 2.23. The van der Waals surface area contributed by atoms with Crippen molar-refractivity contribution < 1.29 is 30.2 Å². The number of ether oxygens (including phenoxy) is 1. The van der Waals surface area contributed by atoms with Gasteiger partial charge in [0.2, 0.25) is 10.0 Å². The highest BCUT2D eigenvalue weighted by Crippen LogP contribution is 2.31. The summed E-state index contributed by atoms with van der Waals surface area (Å²) in [7, 11) is -7.64. The number of aromatic nitrogens is 1. The molecule has 2 heterocycles. The molecule has 3 aromatic rings. The van der Waals surface area contributed by atoms with Crippen molar-refractivity contribution in [2.24, 2.45) is 5.14 Å². The van der Waals surface area contributed by atoms with Crippen molar-refractivity contribution in [1.82, 2.24) is 9.88 Å². The molecule has 0 atom stereocenters. The number of fused-ring (bicyclic) bond motifs is 1. The fourth-order valence-corrected chi connectivity index (χ4v) is 5.58. The van der Waals surface area contributed by atoms with Crippen LogP contribution in [0.2, 0.25) is 5.02 Å². The number of hydrogen-bond donors (Lipinski definition) is 2. The van der Waals surface area contributed by atoms with Gasteiger partial charge in [-0.1, -0.05) is 17.7 Å². The number of rotatable bonds is 9. The van der Waals surface area contributed by atoms with Crippen molar-refractivity contribution >= 4 is 48.9 Å². The topological polar surface area (TPSA) is 154 Å². The Labute approximate surface area is 214 Å². The zero-order chi connectivity index (χ0) is 26.1. The number of anilines is 1. The van der Waals surface area contributed by atoms with E-state index in [1.54, 1.807) is 12.1 Å². The average Bonchev–Trinajstić information content (AvgIpc) is 3.16. The lowest BCUT2D eigenvalue weighted by atomic mass is 10.0. The summed E-state index contributed by atoms with van der Waals surface area (Å²) in [5.74, 6) is 0.556. The molecule has 0 unspecified atom stereocenters. The molecule has 0 aliphatic carbocycles. The van der Waals surface area contributed by atoms with Crippen molar-refractivity contribution in [2.75, 3.05) is 31.3 Å². The van der Waals surface area contributed by atoms with E-state index in [0.717, 1.165) is 37.8 Å². The van der Waals surface area contributed by atoms with Gasteiger partial charge < -0.3 is 18.7 Å². The molecule has 0 radical (unpaired) electrons. The molecule has 36 heavy (non-hydrogen) atoms. The Hall–Kier alpha value is -2.58. The summed E-state index contributed by atoms with van der Waals surface area (Å²) < 4.78 is 62.6. The predicted molar refractivity (Wildman–Crippen MR) is 135 cm³/mol. The van der Waals surface area contributed by atoms with Gasteiger partial charge >= 0.3 is 10.1 Å². The minimum Gasteiger partial charge on any atom is -0.490 e. The SMILES string of the molecule is CCOc1cc(CN2CCC(Nc3nc4cc(Cl)c(S(N)(=O)=O)cc4o3)CC2)ccc1OS(C)(=O)=O. The Morgan fingerprint density at radius 1 is 1.17 bits per heavy atom. The lowest BCUT2D eigenvalue weighted by Gasteiger charge is -2.32. The first-order valence-electron chi connectivity index (χ1n) is 11.2. The summed E-state index contributed by atoms with van der Waals surface area (Å²) in [6.07, 6.45) is 2.65. The van der Waals surface area contributed by atoms with Crippen LogP contribution in [0.25, 0.3) is 11.1 Å². The monoisotopic (exact) mass is 558 g/mol. The summed E-state index contributed by atoms with van der Waals surface area (Å²) in [4.78, 5) is 6.43. The summed E-state index contributed by atoms with van der Waals surface area (Å²) >= 11 is 6.03. The van der Waals surface area contributed by atoms with E-state index in [1.165, 1.54) is 12.1 Å². The Morgan fingerprint density at radius 2 is 1.89 bits per heavy atom. The number of hydrogen-bond acceptors (Lipinski definition) is 10. The summed E-state index contributed by atoms with van der Waals surface area (Å²) in [5.41, 5.74) is 1.68. The number of oxazole rings is 1. The van der Waals surface area contributed by atoms with Crippen LogP contribution < -0.4 is 19.4 Å². The molecule has 1 aliphatic heterocycles. The molecule has 1 aromatic heterocycles. The maximum Gasteiger partial charge on any atom is 0.306 e. The first kappa shape index (κ1) is 26.5. The van der Waals surface area contributed by atoms with Crippen molar-refractivity contribution in [2.45, 2.75) is 37.2 Å². The number of likely N-dealkylation sites (tertiary alicyclic amines) is 1. The number of primary sulfonamides is 1. The van der Waals surface area contributed by atoms with E-state index in [1.807, 2.05) is 13.0 Å². The molecule has 11 nitrogen and oxygen atoms in total. The largest absolute Gasteiger partial charge is 0.490 e. The molecule has 0 amide bonds. The maximum atomic E-state index is 11.7. The second-order valence-electron chi connectivity index (χ2n) is 8.51. The molecule has 4 rings (SSSR count). The number of nitrogens with zero attached hydrogens (tertiary/aromatic N) is 2. The van der Waals surface area contributed by atoms with Crippen molar-refractivity contribution in [1.29, 1.82) is 0 Å². The number of nitrogens with two attached hydrogens (primary N) is 1. The molecule has 0 saturated carbocycles. The molecule has 1 fully saturated rings. The Morgan fingerprint density at radius 3 is 2.53 bits per heavy atom. The molecule has 0 bridgehead atoms. The third-order valence-electron chi connectivity index (χ3n) is 5.62. The van der Waals surface area contributed by atoms with Crippen molar-refractivity contribution in [3.05, 3.63) is 40.9 Å². The molecule has 196 valence electrons. The first-order valence-corrected chi connectivity index (χ1v) is 14.9. The minimum atomic E-state index is -3.98. The summed E-state index contributed by atoms with van der Waals surface area (Å²) in [6, 6.07) is 8.32. The van der Waals surface area contributed by atoms with Gasteiger partial charge in [0.05, 0.1) is 17.9 Å². The van der Waals surface area contributed by atoms with E-state index < -0.39 is 20.1 Å². The van der Waals surface area contributed by atoms with E-state index >= 15 is 0 Å². The van der Waals surface area contributed by atoms with Crippen LogP contribution in [0.1, 0.15) is 25.3 Å². The van der Waals surface area contributed by atoms with Crippen LogP contribution in [0.5, 0.6) is 11.5 Å². The van der Waals surface area contributed by atoms with E-state index in [2.05, 4.69) is 15.2 Å². The molecular weight excluding hydrogens is 532 g/mol. The Bertz CT molecular complexity index is 1470. The number of halogens is 1. The zero-order valence-corrected chi connectivity index (χ0v) is 22.1. The van der Waals surface area contributed by atoms with Gasteiger partial charge in [-0.05, 0) is 43.5 Å². The highest BCUT2D eigenvalue weighted by atomic mass is 35.5. The molecule has 14 heteroatoms. The molecule has 0 spiro atoms. The number of benzene rings is 2. The van der Waals surface area contributed by atoms with Crippen LogP contribution in [0.4, 0.5) is 6.01 Å². The predicted octanol–water partition coefficient (Wildman–Crippen LogP) is 2.94. The normalized spacial score (nSPS) is 15.8. The third-order valence-corrected chi connectivity index (χ3v) is 7.48. The third kappa shape index (κ3) is 6.59. The van der Waals surface area contributed by atoms with Gasteiger partial charge in [-0.15, -0.1) is 0 Å². The molecule has 1 aliphatic rings. The van der Waals surface area contributed by atoms with Crippen molar-refractivity contribution in [3.8, 4) is 11.5 Å². The Kier molecular flexibility index (Phi) is 7.67. The van der Waals surface area contributed by atoms with E-state index in [4.69, 9.17) is 30.1 Å². The molecule has 3 N–H and O–H groups in total. The zero-order valence-electron chi connectivity index (χ0n) is 19.7. The van der Waals surface area contributed by atoms with E-state index in [-0.39, 0.29) is 33.3 Å². The van der Waals surface area contributed by atoms with E-state index in [0.29, 0.717) is 24.4 Å². The maximum absolute atomic E-state index is 11.7. The second-order valence-corrected chi connectivity index (χ2v) is 12.0. The first-order chi connectivity index (χ1) is 16.9. The van der Waals surface area contributed by atoms with Crippen LogP contribution in [-0.4, -0.2) is 58.7 Å². The quantitative estimate of drug-likeness (QED) is 0.374. The second kappa shape index (κ2) is 10.4. The average molecular weight is 559 g/mol. The molecule has 1 saturated heterocycles. The standard InChI is InChI=1S/C22H27ClN4O7S2/c1-3-32-20-10-14(4-5-18(20)34-35(2,28)29)13-27-8-6-15(7-9-27)25-22-26-17-11-16(23)21(36(24,30)31)12-19(17)33-22/h4-5,10-12,15H,3,6-9,13H2,1-2H3,(H,25,26)(H2,24,30,31). The van der Waals surface area contributed by atoms with Gasteiger partial charge in [0.1, 0.15) is 10.4 Å². The van der Waals surface area contributed by atoms with Gasteiger partial charge in [-0.25, -0.2) is 13.6 Å². The van der Waals surface area contributed by atoms with Gasteiger partial charge in [0, 0.05) is 31.7 Å². The lowest BCUT2D eigenvalue weighted by molar-refractivity contribution is 0.210. The highest BCUT2D eigenvalue weighted by molar-refractivity contribution is 7.89. The fraction of sp³-hybridized carbons (Fsp3) is 0.409.